The molecule has 85 valence electrons. The van der Waals surface area contributed by atoms with Gasteiger partial charge in [-0.3, -0.25) is 4.79 Å². The quantitative estimate of drug-likeness (QED) is 0.815. The Labute approximate surface area is 94.9 Å². The minimum Gasteiger partial charge on any atom is -0.326 e. The lowest BCUT2D eigenvalue weighted by atomic mass is 9.88. The molecule has 1 amide bonds. The molecular formula is C13H15FNO. The van der Waals surface area contributed by atoms with Crippen molar-refractivity contribution in [2.45, 2.75) is 32.1 Å². The molecule has 0 heterocycles. The maximum Gasteiger partial charge on any atom is 0.227 e. The molecule has 1 fully saturated rings. The summed E-state index contributed by atoms with van der Waals surface area (Å²) in [7, 11) is 0. The minimum atomic E-state index is -0.407. The van der Waals surface area contributed by atoms with Crippen LogP contribution in [0.15, 0.2) is 18.2 Å². The Balaban J connectivity index is 1.93. The van der Waals surface area contributed by atoms with Crippen LogP contribution in [0.3, 0.4) is 0 Å². The van der Waals surface area contributed by atoms with E-state index in [4.69, 9.17) is 0 Å². The van der Waals surface area contributed by atoms with Crippen LogP contribution in [0.1, 0.15) is 32.1 Å². The first-order chi connectivity index (χ1) is 7.75. The summed E-state index contributed by atoms with van der Waals surface area (Å²) in [5, 5.41) is 2.80. The van der Waals surface area contributed by atoms with Gasteiger partial charge in [-0.25, -0.2) is 4.39 Å². The van der Waals surface area contributed by atoms with Crippen molar-refractivity contribution in [3.05, 3.63) is 30.1 Å². The average molecular weight is 220 g/mol. The lowest BCUT2D eigenvalue weighted by Crippen LogP contribution is -2.24. The molecule has 16 heavy (non-hydrogen) atoms. The molecule has 0 saturated heterocycles. The summed E-state index contributed by atoms with van der Waals surface area (Å²) in [4.78, 5) is 11.8. The molecule has 1 aromatic rings. The summed E-state index contributed by atoms with van der Waals surface area (Å²) in [6, 6.07) is 6.76. The molecule has 0 bridgehead atoms. The number of carbonyl (C=O) groups is 1. The maximum atomic E-state index is 12.6. The molecule has 1 aliphatic carbocycles. The Bertz CT molecular complexity index is 355. The number of halogens is 1. The highest BCUT2D eigenvalue weighted by Gasteiger charge is 2.20. The lowest BCUT2D eigenvalue weighted by Gasteiger charge is -2.20. The van der Waals surface area contributed by atoms with Gasteiger partial charge in [-0.05, 0) is 31.0 Å². The maximum absolute atomic E-state index is 12.6. The topological polar surface area (TPSA) is 29.1 Å². The Morgan fingerprint density at radius 2 is 2.06 bits per heavy atom. The zero-order chi connectivity index (χ0) is 11.4. The van der Waals surface area contributed by atoms with E-state index in [2.05, 4.69) is 11.4 Å². The second-order valence-corrected chi connectivity index (χ2v) is 4.25. The summed E-state index contributed by atoms with van der Waals surface area (Å²) in [5.41, 5.74) is 0.622. The predicted octanol–water partition coefficient (Wildman–Crippen LogP) is 3.14. The van der Waals surface area contributed by atoms with Crippen molar-refractivity contribution in [3.63, 3.8) is 0 Å². The Morgan fingerprint density at radius 1 is 1.31 bits per heavy atom. The highest BCUT2D eigenvalue weighted by atomic mass is 19.1. The number of hydrogen-bond acceptors (Lipinski definition) is 1. The molecule has 2 rings (SSSR count). The van der Waals surface area contributed by atoms with Crippen LogP contribution in [0.5, 0.6) is 0 Å². The van der Waals surface area contributed by atoms with E-state index >= 15 is 0 Å². The smallest absolute Gasteiger partial charge is 0.227 e. The first-order valence-electron chi connectivity index (χ1n) is 5.74. The standard InChI is InChI=1S/C13H15FNO/c14-11-6-8-12(9-7-11)15-13(16)10-4-2-1-3-5-10/h6,8-10H,1-5H2,(H,15,16). The molecule has 0 aliphatic heterocycles. The van der Waals surface area contributed by atoms with Gasteiger partial charge < -0.3 is 5.32 Å². The summed E-state index contributed by atoms with van der Waals surface area (Å²) in [6.07, 6.45) is 5.43. The van der Waals surface area contributed by atoms with E-state index in [1.165, 1.54) is 18.6 Å². The van der Waals surface area contributed by atoms with Gasteiger partial charge in [0.05, 0.1) is 0 Å². The van der Waals surface area contributed by atoms with Crippen molar-refractivity contribution >= 4 is 11.6 Å². The first-order valence-corrected chi connectivity index (χ1v) is 5.74. The molecule has 1 aromatic carbocycles. The van der Waals surface area contributed by atoms with E-state index in [-0.39, 0.29) is 11.8 Å². The number of rotatable bonds is 2. The van der Waals surface area contributed by atoms with Crippen molar-refractivity contribution < 1.29 is 9.18 Å². The first kappa shape index (κ1) is 11.1. The van der Waals surface area contributed by atoms with Crippen LogP contribution in [-0.2, 0) is 4.79 Å². The van der Waals surface area contributed by atoms with Gasteiger partial charge in [0, 0.05) is 17.7 Å². The molecule has 0 atom stereocenters. The van der Waals surface area contributed by atoms with Crippen LogP contribution in [0.25, 0.3) is 0 Å². The van der Waals surface area contributed by atoms with Crippen LogP contribution in [0.2, 0.25) is 0 Å². The van der Waals surface area contributed by atoms with E-state index in [1.807, 2.05) is 0 Å². The third-order valence-corrected chi connectivity index (χ3v) is 3.02. The molecule has 0 unspecified atom stereocenters. The number of benzene rings is 1. The molecule has 1 saturated carbocycles. The van der Waals surface area contributed by atoms with Gasteiger partial charge >= 0.3 is 0 Å². The Kier molecular flexibility index (Phi) is 3.54. The Hall–Kier alpha value is -1.38. The minimum absolute atomic E-state index is 0.0553. The average Bonchev–Trinajstić information content (AvgIpc) is 2.33. The fourth-order valence-corrected chi connectivity index (χ4v) is 2.09. The van der Waals surface area contributed by atoms with Crippen molar-refractivity contribution in [1.29, 1.82) is 0 Å². The molecule has 2 nitrogen and oxygen atoms in total. The normalized spacial score (nSPS) is 17.1. The monoisotopic (exact) mass is 220 g/mol. The highest BCUT2D eigenvalue weighted by molar-refractivity contribution is 5.92. The van der Waals surface area contributed by atoms with Crippen LogP contribution in [-0.4, -0.2) is 5.91 Å². The molecule has 1 N–H and O–H groups in total. The number of carbonyl (C=O) groups excluding carboxylic acids is 1. The third-order valence-electron chi connectivity index (χ3n) is 3.02. The summed E-state index contributed by atoms with van der Waals surface area (Å²) >= 11 is 0. The van der Waals surface area contributed by atoms with Gasteiger partial charge in [-0.15, -0.1) is 0 Å². The lowest BCUT2D eigenvalue weighted by molar-refractivity contribution is -0.120. The fraction of sp³-hybridized carbons (Fsp3) is 0.462. The number of amides is 1. The van der Waals surface area contributed by atoms with Crippen molar-refractivity contribution in [2.75, 3.05) is 5.32 Å². The number of anilines is 1. The summed E-state index contributed by atoms with van der Waals surface area (Å²) in [5.74, 6) is -0.228. The van der Waals surface area contributed by atoms with Crippen molar-refractivity contribution in [1.82, 2.24) is 0 Å². The third kappa shape index (κ3) is 2.81. The van der Waals surface area contributed by atoms with E-state index in [1.54, 1.807) is 6.07 Å². The van der Waals surface area contributed by atoms with E-state index in [0.717, 1.165) is 25.7 Å². The van der Waals surface area contributed by atoms with Gasteiger partial charge in [0.2, 0.25) is 5.91 Å². The second-order valence-electron chi connectivity index (χ2n) is 4.25. The van der Waals surface area contributed by atoms with Crippen molar-refractivity contribution in [2.24, 2.45) is 5.92 Å². The van der Waals surface area contributed by atoms with Gasteiger partial charge in [0.25, 0.3) is 0 Å². The highest BCUT2D eigenvalue weighted by Crippen LogP contribution is 2.24. The van der Waals surface area contributed by atoms with E-state index in [9.17, 15) is 9.18 Å². The fourth-order valence-electron chi connectivity index (χ4n) is 2.09. The van der Waals surface area contributed by atoms with Crippen LogP contribution >= 0.6 is 0 Å². The molecule has 3 heteroatoms. The van der Waals surface area contributed by atoms with Gasteiger partial charge in [-0.2, -0.15) is 0 Å². The number of nitrogens with one attached hydrogen (secondary N) is 1. The molecule has 0 aromatic heterocycles. The second kappa shape index (κ2) is 5.10. The Morgan fingerprint density at radius 3 is 2.69 bits per heavy atom. The van der Waals surface area contributed by atoms with Gasteiger partial charge in [-0.1, -0.05) is 19.3 Å². The van der Waals surface area contributed by atoms with Crippen LogP contribution in [0, 0.1) is 17.8 Å². The predicted molar refractivity (Wildman–Crippen MR) is 60.4 cm³/mol. The summed E-state index contributed by atoms with van der Waals surface area (Å²) < 4.78 is 12.6. The van der Waals surface area contributed by atoms with Crippen LogP contribution in [0.4, 0.5) is 10.1 Å². The van der Waals surface area contributed by atoms with Gasteiger partial charge in [0.15, 0.2) is 0 Å². The van der Waals surface area contributed by atoms with Gasteiger partial charge in [0.1, 0.15) is 5.82 Å². The molecule has 0 spiro atoms. The largest absolute Gasteiger partial charge is 0.326 e. The zero-order valence-electron chi connectivity index (χ0n) is 9.13. The number of hydrogen-bond donors (Lipinski definition) is 1. The molecular weight excluding hydrogens is 205 g/mol. The SMILES string of the molecule is O=C(Nc1c[c]c(F)cc1)C1CCCCC1. The zero-order valence-corrected chi connectivity index (χ0v) is 9.13. The molecule has 1 aliphatic rings. The summed E-state index contributed by atoms with van der Waals surface area (Å²) in [6.45, 7) is 0. The van der Waals surface area contributed by atoms with E-state index < -0.39 is 5.82 Å². The van der Waals surface area contributed by atoms with E-state index in [0.29, 0.717) is 5.69 Å². The molecule has 1 radical (unpaired) electrons. The van der Waals surface area contributed by atoms with Crippen molar-refractivity contribution in [3.8, 4) is 0 Å². The van der Waals surface area contributed by atoms with Crippen LogP contribution < -0.4 is 5.32 Å².